The number of hydrogen-bond donors (Lipinski definition) is 3. The lowest BCUT2D eigenvalue weighted by molar-refractivity contribution is 0.190. The van der Waals surface area contributed by atoms with E-state index in [1.807, 2.05) is 31.3 Å². The summed E-state index contributed by atoms with van der Waals surface area (Å²) >= 11 is 0. The van der Waals surface area contributed by atoms with Gasteiger partial charge in [0.1, 0.15) is 0 Å². The molecule has 2 rings (SSSR count). The van der Waals surface area contributed by atoms with E-state index in [0.717, 1.165) is 16.8 Å². The topological polar surface area (TPSA) is 93.2 Å². The number of carboxylic acid groups (broad SMARTS) is 1. The second kappa shape index (κ2) is 6.13. The summed E-state index contributed by atoms with van der Waals surface area (Å²) in [7, 11) is 1.81. The highest BCUT2D eigenvalue weighted by Gasteiger charge is 2.15. The molecule has 110 valence electrons. The van der Waals surface area contributed by atoms with E-state index >= 15 is 0 Å². The molecule has 0 radical (unpaired) electrons. The Kier molecular flexibility index (Phi) is 4.27. The molecule has 0 unspecified atom stereocenters. The zero-order chi connectivity index (χ0) is 15.4. The number of rotatable bonds is 5. The Morgan fingerprint density at radius 1 is 1.62 bits per heavy atom. The van der Waals surface area contributed by atoms with E-state index in [9.17, 15) is 4.79 Å². The van der Waals surface area contributed by atoms with Crippen molar-refractivity contribution in [3.05, 3.63) is 48.7 Å². The number of aromatic nitrogens is 2. The van der Waals surface area contributed by atoms with Crippen LogP contribution in [0.2, 0.25) is 0 Å². The Morgan fingerprint density at radius 2 is 2.38 bits per heavy atom. The quantitative estimate of drug-likeness (QED) is 0.736. The highest BCUT2D eigenvalue weighted by atomic mass is 16.4. The van der Waals surface area contributed by atoms with E-state index in [4.69, 9.17) is 10.8 Å². The Morgan fingerprint density at radius 3 is 2.95 bits per heavy atom. The normalized spacial score (nSPS) is 11.9. The monoisotopic (exact) mass is 286 g/mol. The molecule has 0 saturated heterocycles. The van der Waals surface area contributed by atoms with Crippen molar-refractivity contribution in [2.75, 3.05) is 5.73 Å². The number of amides is 1. The van der Waals surface area contributed by atoms with E-state index in [1.165, 1.54) is 0 Å². The molecule has 1 atom stereocenters. The van der Waals surface area contributed by atoms with Crippen molar-refractivity contribution in [2.24, 2.45) is 7.05 Å². The lowest BCUT2D eigenvalue weighted by Gasteiger charge is -2.16. The summed E-state index contributed by atoms with van der Waals surface area (Å²) in [4.78, 5) is 10.9. The van der Waals surface area contributed by atoms with Gasteiger partial charge in [0.25, 0.3) is 0 Å². The molecule has 2 aromatic rings. The average Bonchev–Trinajstić information content (AvgIpc) is 2.77. The Balaban J connectivity index is 2.40. The summed E-state index contributed by atoms with van der Waals surface area (Å²) in [5, 5.41) is 15.5. The number of hydrogen-bond acceptors (Lipinski definition) is 3. The summed E-state index contributed by atoms with van der Waals surface area (Å²) in [5.74, 6) is 0. The summed E-state index contributed by atoms with van der Waals surface area (Å²) in [6, 6.07) is 7.24. The van der Waals surface area contributed by atoms with Crippen molar-refractivity contribution in [3.63, 3.8) is 0 Å². The molecule has 1 aromatic heterocycles. The van der Waals surface area contributed by atoms with Crippen LogP contribution in [0.5, 0.6) is 0 Å². The number of nitrogens with zero attached hydrogens (tertiary/aromatic N) is 2. The highest BCUT2D eigenvalue weighted by Crippen LogP contribution is 2.28. The molecule has 0 aliphatic heterocycles. The first-order valence-electron chi connectivity index (χ1n) is 6.51. The van der Waals surface area contributed by atoms with Gasteiger partial charge in [0.05, 0.1) is 23.6 Å². The third-order valence-corrected chi connectivity index (χ3v) is 3.23. The minimum absolute atomic E-state index is 0.339. The first-order valence-corrected chi connectivity index (χ1v) is 6.51. The van der Waals surface area contributed by atoms with Gasteiger partial charge in [-0.05, 0) is 18.1 Å². The fraction of sp³-hybridized carbons (Fsp3) is 0.200. The van der Waals surface area contributed by atoms with Gasteiger partial charge in [-0.15, -0.1) is 6.58 Å². The molecule has 0 aliphatic rings. The van der Waals surface area contributed by atoms with Gasteiger partial charge in [-0.3, -0.25) is 4.68 Å². The molecule has 1 amide bonds. The van der Waals surface area contributed by atoms with Crippen molar-refractivity contribution >= 4 is 11.8 Å². The van der Waals surface area contributed by atoms with Crippen LogP contribution in [-0.2, 0) is 7.05 Å². The predicted octanol–water partition coefficient (Wildman–Crippen LogP) is 2.55. The van der Waals surface area contributed by atoms with Crippen LogP contribution in [0, 0.1) is 0 Å². The summed E-state index contributed by atoms with van der Waals surface area (Å²) in [5.41, 5.74) is 9.08. The van der Waals surface area contributed by atoms with Gasteiger partial charge in [-0.25, -0.2) is 4.79 Å². The molecule has 4 N–H and O–H groups in total. The molecule has 1 heterocycles. The minimum Gasteiger partial charge on any atom is -0.465 e. The number of anilines is 1. The molecule has 1 aromatic carbocycles. The minimum atomic E-state index is -1.06. The summed E-state index contributed by atoms with van der Waals surface area (Å²) in [6.45, 7) is 3.67. The van der Waals surface area contributed by atoms with Gasteiger partial charge in [0.15, 0.2) is 0 Å². The molecule has 6 heteroatoms. The number of nitrogens with two attached hydrogens (primary N) is 1. The third kappa shape index (κ3) is 3.22. The third-order valence-electron chi connectivity index (χ3n) is 3.23. The Hall–Kier alpha value is -2.76. The summed E-state index contributed by atoms with van der Waals surface area (Å²) < 4.78 is 1.70. The van der Waals surface area contributed by atoms with Crippen LogP contribution >= 0.6 is 0 Å². The number of benzene rings is 1. The van der Waals surface area contributed by atoms with Crippen LogP contribution in [0.3, 0.4) is 0 Å². The molecular weight excluding hydrogens is 268 g/mol. The molecule has 6 nitrogen and oxygen atoms in total. The van der Waals surface area contributed by atoms with Gasteiger partial charge in [-0.2, -0.15) is 5.10 Å². The van der Waals surface area contributed by atoms with E-state index in [0.29, 0.717) is 12.1 Å². The SMILES string of the molecule is C=CC[C@H](NC(=O)O)c1cccc(-c2c(N)cnn2C)c1. The molecule has 21 heavy (non-hydrogen) atoms. The standard InChI is InChI=1S/C15H18N4O2/c1-3-5-13(18-15(20)21)10-6-4-7-11(8-10)14-12(16)9-17-19(14)2/h3-4,6-9,13,18H,1,5,16H2,2H3,(H,20,21)/t13-/m0/s1. The van der Waals surface area contributed by atoms with Gasteiger partial charge in [0, 0.05) is 12.6 Å². The Bertz CT molecular complexity index is 644. The number of nitrogen functional groups attached to an aromatic ring is 1. The van der Waals surface area contributed by atoms with Gasteiger partial charge in [-0.1, -0.05) is 24.3 Å². The molecular formula is C15H18N4O2. The second-order valence-electron chi connectivity index (χ2n) is 4.72. The lowest BCUT2D eigenvalue weighted by atomic mass is 10.00. The maximum absolute atomic E-state index is 10.9. The maximum Gasteiger partial charge on any atom is 0.405 e. The van der Waals surface area contributed by atoms with Crippen molar-refractivity contribution in [1.82, 2.24) is 15.1 Å². The number of nitrogens with one attached hydrogen (secondary N) is 1. The number of aryl methyl sites for hydroxylation is 1. The predicted molar refractivity (Wildman–Crippen MR) is 81.8 cm³/mol. The molecule has 0 spiro atoms. The van der Waals surface area contributed by atoms with Crippen molar-refractivity contribution in [1.29, 1.82) is 0 Å². The maximum atomic E-state index is 10.9. The van der Waals surface area contributed by atoms with Crippen LogP contribution in [0.25, 0.3) is 11.3 Å². The van der Waals surface area contributed by atoms with Gasteiger partial charge >= 0.3 is 6.09 Å². The molecule has 0 fully saturated rings. The van der Waals surface area contributed by atoms with Crippen molar-refractivity contribution < 1.29 is 9.90 Å². The molecule has 0 saturated carbocycles. The van der Waals surface area contributed by atoms with E-state index in [2.05, 4.69) is 17.0 Å². The van der Waals surface area contributed by atoms with Crippen LogP contribution < -0.4 is 11.1 Å². The molecule has 0 aliphatic carbocycles. The second-order valence-corrected chi connectivity index (χ2v) is 4.72. The zero-order valence-corrected chi connectivity index (χ0v) is 11.8. The smallest absolute Gasteiger partial charge is 0.405 e. The fourth-order valence-electron chi connectivity index (χ4n) is 2.30. The van der Waals surface area contributed by atoms with E-state index in [-0.39, 0.29) is 6.04 Å². The van der Waals surface area contributed by atoms with Crippen molar-refractivity contribution in [2.45, 2.75) is 12.5 Å². The largest absolute Gasteiger partial charge is 0.465 e. The van der Waals surface area contributed by atoms with Crippen molar-refractivity contribution in [3.8, 4) is 11.3 Å². The van der Waals surface area contributed by atoms with Gasteiger partial charge < -0.3 is 16.2 Å². The first kappa shape index (κ1) is 14.6. The van der Waals surface area contributed by atoms with E-state index in [1.54, 1.807) is 17.0 Å². The first-order chi connectivity index (χ1) is 10.0. The summed E-state index contributed by atoms with van der Waals surface area (Å²) in [6.07, 6.45) is 2.73. The lowest BCUT2D eigenvalue weighted by Crippen LogP contribution is -2.26. The average molecular weight is 286 g/mol. The van der Waals surface area contributed by atoms with Crippen LogP contribution in [-0.4, -0.2) is 21.0 Å². The number of carbonyl (C=O) groups is 1. The zero-order valence-electron chi connectivity index (χ0n) is 11.8. The Labute approximate surface area is 122 Å². The van der Waals surface area contributed by atoms with E-state index < -0.39 is 6.09 Å². The fourth-order valence-corrected chi connectivity index (χ4v) is 2.30. The highest BCUT2D eigenvalue weighted by molar-refractivity contribution is 5.73. The molecule has 0 bridgehead atoms. The van der Waals surface area contributed by atoms with Crippen LogP contribution in [0.4, 0.5) is 10.5 Å². The van der Waals surface area contributed by atoms with Crippen LogP contribution in [0.1, 0.15) is 18.0 Å². The van der Waals surface area contributed by atoms with Crippen LogP contribution in [0.15, 0.2) is 43.1 Å². The van der Waals surface area contributed by atoms with Gasteiger partial charge in [0.2, 0.25) is 0 Å².